The molecule has 2 unspecified atom stereocenters. The van der Waals surface area contributed by atoms with E-state index < -0.39 is 0 Å². The molecule has 86 valence electrons. The van der Waals surface area contributed by atoms with Gasteiger partial charge in [0.15, 0.2) is 0 Å². The highest BCUT2D eigenvalue weighted by atomic mass is 32.1. The lowest BCUT2D eigenvalue weighted by atomic mass is 10.1. The third-order valence-corrected chi connectivity index (χ3v) is 4.23. The smallest absolute Gasteiger partial charge is 0.0795 e. The van der Waals surface area contributed by atoms with Gasteiger partial charge in [0.1, 0.15) is 0 Å². The molecule has 2 rings (SSSR count). The lowest BCUT2D eigenvalue weighted by Crippen LogP contribution is -2.23. The fourth-order valence-corrected chi connectivity index (χ4v) is 3.23. The van der Waals surface area contributed by atoms with Crippen LogP contribution in [0.1, 0.15) is 42.9 Å². The number of hydrogen-bond acceptors (Lipinski definition) is 4. The first-order chi connectivity index (χ1) is 7.81. The number of thiophene rings is 1. The highest BCUT2D eigenvalue weighted by Crippen LogP contribution is 2.25. The van der Waals surface area contributed by atoms with Gasteiger partial charge in [-0.3, -0.25) is 0 Å². The molecule has 0 radical (unpaired) electrons. The minimum absolute atomic E-state index is 0.318. The summed E-state index contributed by atoms with van der Waals surface area (Å²) in [5.41, 5.74) is 3.03. The van der Waals surface area contributed by atoms with Crippen molar-refractivity contribution >= 4 is 22.7 Å². The van der Waals surface area contributed by atoms with Crippen LogP contribution in [0.5, 0.6) is 0 Å². The fourth-order valence-electron chi connectivity index (χ4n) is 1.71. The maximum Gasteiger partial charge on any atom is 0.0795 e. The van der Waals surface area contributed by atoms with Crippen LogP contribution in [0.15, 0.2) is 28.4 Å². The number of hydrogen-bond donors (Lipinski definition) is 1. The van der Waals surface area contributed by atoms with Crippen molar-refractivity contribution in [1.82, 2.24) is 10.3 Å². The molecule has 0 saturated heterocycles. The number of thiazole rings is 1. The normalized spacial score (nSPS) is 14.9. The molecule has 2 nitrogen and oxygen atoms in total. The summed E-state index contributed by atoms with van der Waals surface area (Å²) in [6.07, 6.45) is 1.11. The number of nitrogens with one attached hydrogen (secondary N) is 1. The van der Waals surface area contributed by atoms with Crippen LogP contribution in [0.2, 0.25) is 0 Å². The van der Waals surface area contributed by atoms with Gasteiger partial charge >= 0.3 is 0 Å². The predicted octanol–water partition coefficient (Wildman–Crippen LogP) is 4.01. The van der Waals surface area contributed by atoms with E-state index in [0.717, 1.165) is 12.1 Å². The third-order valence-electron chi connectivity index (χ3n) is 2.64. The first kappa shape index (κ1) is 11.8. The molecule has 0 saturated carbocycles. The second kappa shape index (κ2) is 5.57. The third kappa shape index (κ3) is 2.70. The Labute approximate surface area is 104 Å². The zero-order valence-corrected chi connectivity index (χ0v) is 11.1. The van der Waals surface area contributed by atoms with Crippen molar-refractivity contribution in [2.45, 2.75) is 32.4 Å². The summed E-state index contributed by atoms with van der Waals surface area (Å²) in [7, 11) is 0. The van der Waals surface area contributed by atoms with E-state index in [0.29, 0.717) is 12.1 Å². The molecule has 16 heavy (non-hydrogen) atoms. The second-order valence-corrected chi connectivity index (χ2v) is 5.48. The minimum atomic E-state index is 0.318. The fraction of sp³-hybridized carbons (Fsp3) is 0.417. The number of nitrogens with zero attached hydrogens (tertiary/aromatic N) is 1. The van der Waals surface area contributed by atoms with Crippen LogP contribution < -0.4 is 5.32 Å². The second-order valence-electron chi connectivity index (χ2n) is 3.78. The van der Waals surface area contributed by atoms with Crippen LogP contribution in [-0.4, -0.2) is 4.98 Å². The van der Waals surface area contributed by atoms with Gasteiger partial charge in [-0.25, -0.2) is 4.98 Å². The Bertz CT molecular complexity index is 395. The molecule has 2 heterocycles. The van der Waals surface area contributed by atoms with Crippen molar-refractivity contribution in [1.29, 1.82) is 0 Å². The molecule has 0 bridgehead atoms. The summed E-state index contributed by atoms with van der Waals surface area (Å²) in [5.74, 6) is 0. The molecule has 0 aliphatic carbocycles. The monoisotopic (exact) mass is 252 g/mol. The molecule has 1 N–H and O–H groups in total. The van der Waals surface area contributed by atoms with Crippen LogP contribution in [0.25, 0.3) is 0 Å². The molecular formula is C12H16N2S2. The van der Waals surface area contributed by atoms with E-state index in [2.05, 4.69) is 47.0 Å². The predicted molar refractivity (Wildman–Crippen MR) is 71.0 cm³/mol. The van der Waals surface area contributed by atoms with Gasteiger partial charge in [-0.2, -0.15) is 0 Å². The molecular weight excluding hydrogens is 236 g/mol. The molecule has 0 fully saturated rings. The van der Waals surface area contributed by atoms with Gasteiger partial charge in [-0.05, 0) is 24.8 Å². The van der Waals surface area contributed by atoms with Crippen molar-refractivity contribution in [3.8, 4) is 0 Å². The average Bonchev–Trinajstić information content (AvgIpc) is 2.96. The van der Waals surface area contributed by atoms with E-state index in [4.69, 9.17) is 0 Å². The maximum absolute atomic E-state index is 4.34. The molecule has 0 aromatic carbocycles. The van der Waals surface area contributed by atoms with Gasteiger partial charge in [-0.1, -0.05) is 13.0 Å². The van der Waals surface area contributed by atoms with Gasteiger partial charge < -0.3 is 5.32 Å². The number of aromatic nitrogens is 1. The van der Waals surface area contributed by atoms with Crippen LogP contribution in [0, 0.1) is 0 Å². The summed E-state index contributed by atoms with van der Waals surface area (Å²) in [6.45, 7) is 4.39. The highest BCUT2D eigenvalue weighted by Gasteiger charge is 2.15. The highest BCUT2D eigenvalue weighted by molar-refractivity contribution is 7.10. The minimum Gasteiger partial charge on any atom is -0.301 e. The van der Waals surface area contributed by atoms with Gasteiger partial charge in [-0.15, -0.1) is 22.7 Å². The molecule has 2 aromatic heterocycles. The van der Waals surface area contributed by atoms with Gasteiger partial charge in [0.05, 0.1) is 11.2 Å². The van der Waals surface area contributed by atoms with Gasteiger partial charge in [0, 0.05) is 22.3 Å². The summed E-state index contributed by atoms with van der Waals surface area (Å²) < 4.78 is 0. The summed E-state index contributed by atoms with van der Waals surface area (Å²) >= 11 is 3.47. The largest absolute Gasteiger partial charge is 0.301 e. The van der Waals surface area contributed by atoms with Crippen molar-refractivity contribution in [3.63, 3.8) is 0 Å². The first-order valence-electron chi connectivity index (χ1n) is 5.48. The molecule has 4 heteroatoms. The average molecular weight is 252 g/mol. The Morgan fingerprint density at radius 1 is 1.50 bits per heavy atom. The SMILES string of the molecule is CCC(NC(C)c1cscn1)c1cccs1. The molecule has 0 amide bonds. The lowest BCUT2D eigenvalue weighted by Gasteiger charge is -2.20. The van der Waals surface area contributed by atoms with Crippen LogP contribution in [0.3, 0.4) is 0 Å². The summed E-state index contributed by atoms with van der Waals surface area (Å²) in [5, 5.41) is 7.87. The topological polar surface area (TPSA) is 24.9 Å². The Balaban J connectivity index is 2.02. The Kier molecular flexibility index (Phi) is 4.09. The van der Waals surface area contributed by atoms with E-state index in [1.54, 1.807) is 11.3 Å². The first-order valence-corrected chi connectivity index (χ1v) is 7.31. The van der Waals surface area contributed by atoms with Crippen LogP contribution in [-0.2, 0) is 0 Å². The molecule has 2 atom stereocenters. The Morgan fingerprint density at radius 3 is 2.94 bits per heavy atom. The van der Waals surface area contributed by atoms with Crippen LogP contribution in [0.4, 0.5) is 0 Å². The van der Waals surface area contributed by atoms with E-state index in [1.165, 1.54) is 4.88 Å². The standard InChI is InChI=1S/C12H16N2S2/c1-3-10(12-5-4-6-16-12)14-9(2)11-7-15-8-13-11/h4-10,14H,3H2,1-2H3. The molecule has 2 aromatic rings. The Hall–Kier alpha value is -0.710. The van der Waals surface area contributed by atoms with Crippen LogP contribution >= 0.6 is 22.7 Å². The number of rotatable bonds is 5. The lowest BCUT2D eigenvalue weighted by molar-refractivity contribution is 0.456. The summed E-state index contributed by atoms with van der Waals surface area (Å²) in [6, 6.07) is 5.06. The quantitative estimate of drug-likeness (QED) is 0.869. The van der Waals surface area contributed by atoms with E-state index in [-0.39, 0.29) is 0 Å². The summed E-state index contributed by atoms with van der Waals surface area (Å²) in [4.78, 5) is 5.75. The van der Waals surface area contributed by atoms with Crippen molar-refractivity contribution < 1.29 is 0 Å². The molecule has 0 aliphatic rings. The van der Waals surface area contributed by atoms with Crippen molar-refractivity contribution in [2.75, 3.05) is 0 Å². The zero-order valence-electron chi connectivity index (χ0n) is 9.51. The van der Waals surface area contributed by atoms with Gasteiger partial charge in [0.25, 0.3) is 0 Å². The maximum atomic E-state index is 4.34. The molecule has 0 aliphatic heterocycles. The van der Waals surface area contributed by atoms with Gasteiger partial charge in [0.2, 0.25) is 0 Å². The van der Waals surface area contributed by atoms with E-state index >= 15 is 0 Å². The molecule has 0 spiro atoms. The zero-order chi connectivity index (χ0) is 11.4. The Morgan fingerprint density at radius 2 is 2.38 bits per heavy atom. The van der Waals surface area contributed by atoms with E-state index in [9.17, 15) is 0 Å². The van der Waals surface area contributed by atoms with E-state index in [1.807, 2.05) is 16.8 Å². The van der Waals surface area contributed by atoms with Crippen molar-refractivity contribution in [2.24, 2.45) is 0 Å². The van der Waals surface area contributed by atoms with Crippen molar-refractivity contribution in [3.05, 3.63) is 39.0 Å².